The van der Waals surface area contributed by atoms with E-state index in [4.69, 9.17) is 43.3 Å². The van der Waals surface area contributed by atoms with Crippen LogP contribution in [0.1, 0.15) is 112 Å². The summed E-state index contributed by atoms with van der Waals surface area (Å²) in [4.78, 5) is 10.8. The van der Waals surface area contributed by atoms with Crippen molar-refractivity contribution in [3.05, 3.63) is 11.8 Å². The van der Waals surface area contributed by atoms with Crippen LogP contribution in [0.25, 0.3) is 0 Å². The summed E-state index contributed by atoms with van der Waals surface area (Å²) in [5.41, 5.74) is 1.32. The SMILES string of the molecule is C=N.CC.CCCCCN/C=C(\CCC)COCCOCCOCCOCCCCCOCCCCCOCCOCCOCCC(C)=O. The third-order valence-electron chi connectivity index (χ3n) is 6.70. The van der Waals surface area contributed by atoms with E-state index in [1.54, 1.807) is 6.92 Å². The highest BCUT2D eigenvalue weighted by Gasteiger charge is 1.99. The Morgan fingerprint density at radius 1 is 0.510 bits per heavy atom. The first-order valence-electron chi connectivity index (χ1n) is 19.1. The summed E-state index contributed by atoms with van der Waals surface area (Å²) in [6, 6.07) is 0. The van der Waals surface area contributed by atoms with Crippen LogP contribution in [0.15, 0.2) is 11.8 Å². The Bertz CT molecular complexity index is 642. The number of carbonyl (C=O) groups is 1. The summed E-state index contributed by atoms with van der Waals surface area (Å²) in [6.07, 6.45) is 15.0. The molecule has 0 rings (SSSR count). The van der Waals surface area contributed by atoms with Crippen molar-refractivity contribution in [1.29, 1.82) is 5.41 Å². The molecule has 0 saturated carbocycles. The maximum Gasteiger partial charge on any atom is 0.132 e. The molecule has 0 spiro atoms. The molecule has 0 radical (unpaired) electrons. The molecular weight excluding hydrogens is 628 g/mol. The van der Waals surface area contributed by atoms with Gasteiger partial charge in [0.25, 0.3) is 0 Å². The third kappa shape index (κ3) is 51.0. The van der Waals surface area contributed by atoms with Crippen LogP contribution in [0, 0.1) is 5.41 Å². The molecule has 49 heavy (non-hydrogen) atoms. The van der Waals surface area contributed by atoms with E-state index in [0.29, 0.717) is 85.7 Å². The second-order valence-electron chi connectivity index (χ2n) is 11.1. The minimum absolute atomic E-state index is 0.146. The molecule has 11 heteroatoms. The van der Waals surface area contributed by atoms with Crippen LogP contribution in [0.4, 0.5) is 0 Å². The molecule has 0 aliphatic carbocycles. The number of ether oxygens (including phenoxy) is 8. The van der Waals surface area contributed by atoms with E-state index in [1.807, 2.05) is 13.8 Å². The normalized spacial score (nSPS) is 11.1. The Hall–Kier alpha value is -1.44. The molecule has 0 fully saturated rings. The fraction of sp³-hybridized carbons (Fsp3) is 0.895. The van der Waals surface area contributed by atoms with Gasteiger partial charge in [0.15, 0.2) is 0 Å². The molecule has 0 aliphatic rings. The van der Waals surface area contributed by atoms with Gasteiger partial charge in [-0.25, -0.2) is 0 Å². The van der Waals surface area contributed by atoms with E-state index in [1.165, 1.54) is 24.8 Å². The smallest absolute Gasteiger partial charge is 0.132 e. The number of carbonyl (C=O) groups excluding carboxylic acids is 1. The van der Waals surface area contributed by atoms with Crippen LogP contribution in [0.3, 0.4) is 0 Å². The quantitative estimate of drug-likeness (QED) is 0.0501. The maximum absolute atomic E-state index is 10.8. The predicted octanol–water partition coefficient (Wildman–Crippen LogP) is 7.19. The molecule has 0 aromatic heterocycles. The standard InChI is InChI=1S/C35H69NO9.C2H6.CH3N/c1-4-6-9-16-36-32-35(14-5-2)33-45-31-30-44-29-28-43-26-23-40-20-13-8-11-18-38-17-10-7-12-19-39-22-25-42-27-24-41-21-15-34(3)37;2*1-2/h32,36H,4-31,33H2,1-3H3;1-2H3;2H,1H2/b35-32+;;. The number of nitrogens with one attached hydrogen (secondary N) is 2. The average Bonchev–Trinajstić information content (AvgIpc) is 3.12. The Kier molecular flexibility index (Phi) is 54.0. The summed E-state index contributed by atoms with van der Waals surface area (Å²) in [7, 11) is 0. The lowest BCUT2D eigenvalue weighted by molar-refractivity contribution is -0.118. The van der Waals surface area contributed by atoms with Gasteiger partial charge in [-0.15, -0.1) is 0 Å². The topological polar surface area (TPSA) is 127 Å². The first-order chi connectivity index (χ1) is 24.2. The minimum Gasteiger partial charge on any atom is -0.391 e. The number of ketones is 1. The van der Waals surface area contributed by atoms with Gasteiger partial charge in [0, 0.05) is 39.4 Å². The summed E-state index contributed by atoms with van der Waals surface area (Å²) >= 11 is 0. The van der Waals surface area contributed by atoms with E-state index in [9.17, 15) is 4.79 Å². The van der Waals surface area contributed by atoms with Crippen molar-refractivity contribution >= 4 is 12.5 Å². The number of Topliss-reactive ketones (excluding diaryl/α,β-unsaturated/α-hetero) is 1. The zero-order valence-corrected chi connectivity index (χ0v) is 32.5. The zero-order valence-electron chi connectivity index (χ0n) is 32.5. The molecule has 0 aliphatic heterocycles. The van der Waals surface area contributed by atoms with Gasteiger partial charge in [-0.3, -0.25) is 4.79 Å². The van der Waals surface area contributed by atoms with Crippen molar-refractivity contribution in [3.8, 4) is 0 Å². The number of hydrogen-bond acceptors (Lipinski definition) is 11. The van der Waals surface area contributed by atoms with Gasteiger partial charge in [0.2, 0.25) is 0 Å². The van der Waals surface area contributed by atoms with Crippen LogP contribution in [-0.4, -0.2) is 125 Å². The second-order valence-corrected chi connectivity index (χ2v) is 11.1. The molecule has 294 valence electrons. The molecular formula is C38H78N2O9. The van der Waals surface area contributed by atoms with Gasteiger partial charge in [0.1, 0.15) is 5.78 Å². The monoisotopic (exact) mass is 707 g/mol. The summed E-state index contributed by atoms with van der Waals surface area (Å²) in [5, 5.41) is 8.91. The Labute approximate surface area is 301 Å². The van der Waals surface area contributed by atoms with Gasteiger partial charge in [-0.2, -0.15) is 0 Å². The fourth-order valence-corrected chi connectivity index (χ4v) is 4.09. The van der Waals surface area contributed by atoms with Crippen molar-refractivity contribution in [1.82, 2.24) is 5.32 Å². The Balaban J connectivity index is -0.00000508. The van der Waals surface area contributed by atoms with E-state index in [0.717, 1.165) is 84.3 Å². The molecule has 0 heterocycles. The molecule has 2 N–H and O–H groups in total. The van der Waals surface area contributed by atoms with Crippen LogP contribution in [0.2, 0.25) is 0 Å². The highest BCUT2D eigenvalue weighted by atomic mass is 16.6. The number of unbranched alkanes of at least 4 members (excludes halogenated alkanes) is 6. The van der Waals surface area contributed by atoms with Crippen molar-refractivity contribution in [2.75, 3.05) is 112 Å². The summed E-state index contributed by atoms with van der Waals surface area (Å²) in [6.45, 7) is 23.6. The fourth-order valence-electron chi connectivity index (χ4n) is 4.09. The second kappa shape index (κ2) is 50.9. The third-order valence-corrected chi connectivity index (χ3v) is 6.70. The first kappa shape index (κ1) is 51.9. The van der Waals surface area contributed by atoms with Crippen LogP contribution >= 0.6 is 0 Å². The van der Waals surface area contributed by atoms with E-state index in [2.05, 4.69) is 32.1 Å². The molecule has 0 saturated heterocycles. The molecule has 0 bridgehead atoms. The van der Waals surface area contributed by atoms with E-state index in [-0.39, 0.29) is 5.78 Å². The van der Waals surface area contributed by atoms with Crippen LogP contribution in [0.5, 0.6) is 0 Å². The van der Waals surface area contributed by atoms with Gasteiger partial charge >= 0.3 is 0 Å². The van der Waals surface area contributed by atoms with Crippen molar-refractivity contribution in [2.45, 2.75) is 112 Å². The van der Waals surface area contributed by atoms with E-state index >= 15 is 0 Å². The van der Waals surface area contributed by atoms with Gasteiger partial charge in [-0.05, 0) is 76.8 Å². The van der Waals surface area contributed by atoms with Crippen LogP contribution < -0.4 is 5.32 Å². The van der Waals surface area contributed by atoms with Crippen molar-refractivity contribution < 1.29 is 42.7 Å². The molecule has 0 amide bonds. The highest BCUT2D eigenvalue weighted by molar-refractivity contribution is 5.75. The van der Waals surface area contributed by atoms with Gasteiger partial charge in [0.05, 0.1) is 79.3 Å². The minimum atomic E-state index is 0.146. The number of hydrogen-bond donors (Lipinski definition) is 2. The molecule has 0 atom stereocenters. The summed E-state index contributed by atoms with van der Waals surface area (Å²) in [5.74, 6) is 0.146. The maximum atomic E-state index is 10.8. The van der Waals surface area contributed by atoms with Gasteiger partial charge in [-0.1, -0.05) is 47.0 Å². The van der Waals surface area contributed by atoms with Crippen molar-refractivity contribution in [2.24, 2.45) is 0 Å². The van der Waals surface area contributed by atoms with Gasteiger partial charge < -0.3 is 48.6 Å². The lowest BCUT2D eigenvalue weighted by Gasteiger charge is -2.10. The first-order valence-corrected chi connectivity index (χ1v) is 19.1. The summed E-state index contributed by atoms with van der Waals surface area (Å²) < 4.78 is 44.6. The molecule has 11 nitrogen and oxygen atoms in total. The molecule has 0 aromatic rings. The Morgan fingerprint density at radius 2 is 0.898 bits per heavy atom. The lowest BCUT2D eigenvalue weighted by Crippen LogP contribution is -2.13. The largest absolute Gasteiger partial charge is 0.391 e. The van der Waals surface area contributed by atoms with Crippen molar-refractivity contribution in [3.63, 3.8) is 0 Å². The number of rotatable bonds is 39. The van der Waals surface area contributed by atoms with E-state index < -0.39 is 0 Å². The van der Waals surface area contributed by atoms with Crippen LogP contribution in [-0.2, 0) is 42.7 Å². The molecule has 0 unspecified atom stereocenters. The molecule has 0 aromatic carbocycles. The lowest BCUT2D eigenvalue weighted by atomic mass is 10.2. The predicted molar refractivity (Wildman–Crippen MR) is 201 cm³/mol. The average molecular weight is 707 g/mol. The Morgan fingerprint density at radius 3 is 1.31 bits per heavy atom. The zero-order chi connectivity index (χ0) is 36.7. The highest BCUT2D eigenvalue weighted by Crippen LogP contribution is 2.05.